The third kappa shape index (κ3) is 2.43. The SMILES string of the molecule is O=C(c1ccccc1)N1CCCCC1[N+](=O)[O-]. The standard InChI is InChI=1S/C12H14N2O3/c15-12(10-6-2-1-3-7-10)13-9-5-4-8-11(13)14(16)17/h1-3,6-7,11H,4-5,8-9H2. The van der Waals surface area contributed by atoms with E-state index in [1.54, 1.807) is 24.3 Å². The van der Waals surface area contributed by atoms with Gasteiger partial charge in [-0.2, -0.15) is 0 Å². The first-order valence-electron chi connectivity index (χ1n) is 5.69. The maximum absolute atomic E-state index is 12.1. The van der Waals surface area contributed by atoms with Gasteiger partial charge in [-0.3, -0.25) is 19.8 Å². The van der Waals surface area contributed by atoms with E-state index in [0.717, 1.165) is 12.8 Å². The lowest BCUT2D eigenvalue weighted by molar-refractivity contribution is -0.548. The molecule has 17 heavy (non-hydrogen) atoms. The number of likely N-dealkylation sites (tertiary alicyclic amines) is 1. The van der Waals surface area contributed by atoms with E-state index in [1.807, 2.05) is 6.07 Å². The first kappa shape index (κ1) is 11.6. The van der Waals surface area contributed by atoms with E-state index in [-0.39, 0.29) is 10.8 Å². The molecule has 0 bridgehead atoms. The molecule has 0 aliphatic carbocycles. The average molecular weight is 234 g/mol. The van der Waals surface area contributed by atoms with E-state index in [0.29, 0.717) is 18.5 Å². The van der Waals surface area contributed by atoms with Gasteiger partial charge in [-0.15, -0.1) is 0 Å². The van der Waals surface area contributed by atoms with Crippen molar-refractivity contribution in [3.63, 3.8) is 0 Å². The third-order valence-corrected chi connectivity index (χ3v) is 3.00. The predicted molar refractivity (Wildman–Crippen MR) is 62.1 cm³/mol. The molecule has 1 unspecified atom stereocenters. The molecule has 0 spiro atoms. The molecule has 0 radical (unpaired) electrons. The highest BCUT2D eigenvalue weighted by Gasteiger charge is 2.35. The number of nitro groups is 1. The molecule has 1 heterocycles. The fourth-order valence-corrected chi connectivity index (χ4v) is 2.12. The van der Waals surface area contributed by atoms with Gasteiger partial charge in [-0.1, -0.05) is 18.2 Å². The summed E-state index contributed by atoms with van der Waals surface area (Å²) in [6, 6.07) is 8.72. The molecule has 1 aromatic rings. The van der Waals surface area contributed by atoms with Crippen LogP contribution in [0.2, 0.25) is 0 Å². The Labute approximate surface area is 99.2 Å². The number of rotatable bonds is 2. The number of hydrogen-bond acceptors (Lipinski definition) is 3. The van der Waals surface area contributed by atoms with Crippen LogP contribution in [0, 0.1) is 10.1 Å². The summed E-state index contributed by atoms with van der Waals surface area (Å²) in [4.78, 5) is 24.1. The van der Waals surface area contributed by atoms with Crippen molar-refractivity contribution in [2.75, 3.05) is 6.54 Å². The van der Waals surface area contributed by atoms with E-state index in [1.165, 1.54) is 4.90 Å². The Morgan fingerprint density at radius 1 is 1.29 bits per heavy atom. The molecule has 1 aliphatic rings. The Balaban J connectivity index is 2.20. The largest absolute Gasteiger partial charge is 0.289 e. The number of nitrogens with zero attached hydrogens (tertiary/aromatic N) is 2. The number of hydrogen-bond donors (Lipinski definition) is 0. The lowest BCUT2D eigenvalue weighted by Crippen LogP contribution is -2.47. The van der Waals surface area contributed by atoms with Crippen molar-refractivity contribution in [1.82, 2.24) is 4.90 Å². The van der Waals surface area contributed by atoms with Gasteiger partial charge in [0.2, 0.25) is 0 Å². The maximum atomic E-state index is 12.1. The second-order valence-electron chi connectivity index (χ2n) is 4.13. The van der Waals surface area contributed by atoms with Crippen LogP contribution in [-0.4, -0.2) is 28.4 Å². The average Bonchev–Trinajstić information content (AvgIpc) is 2.39. The minimum absolute atomic E-state index is 0.244. The molecule has 1 atom stereocenters. The number of carbonyl (C=O) groups is 1. The number of benzene rings is 1. The summed E-state index contributed by atoms with van der Waals surface area (Å²) in [6.45, 7) is 0.472. The highest BCUT2D eigenvalue weighted by atomic mass is 16.6. The predicted octanol–water partition coefficient (Wildman–Crippen LogP) is 1.92. The zero-order chi connectivity index (χ0) is 12.3. The zero-order valence-corrected chi connectivity index (χ0v) is 9.41. The molecule has 2 rings (SSSR count). The van der Waals surface area contributed by atoms with Crippen LogP contribution < -0.4 is 0 Å². The highest BCUT2D eigenvalue weighted by molar-refractivity contribution is 5.94. The number of carbonyl (C=O) groups excluding carboxylic acids is 1. The highest BCUT2D eigenvalue weighted by Crippen LogP contribution is 2.19. The molecule has 0 saturated carbocycles. The maximum Gasteiger partial charge on any atom is 0.289 e. The topological polar surface area (TPSA) is 63.5 Å². The first-order chi connectivity index (χ1) is 8.20. The van der Waals surface area contributed by atoms with Crippen molar-refractivity contribution < 1.29 is 9.72 Å². The van der Waals surface area contributed by atoms with E-state index in [2.05, 4.69) is 0 Å². The van der Waals surface area contributed by atoms with E-state index >= 15 is 0 Å². The molecule has 5 heteroatoms. The van der Waals surface area contributed by atoms with Gasteiger partial charge in [0.1, 0.15) is 0 Å². The normalized spacial score (nSPS) is 20.0. The summed E-state index contributed by atoms with van der Waals surface area (Å²) in [5.41, 5.74) is 0.515. The molecule has 1 fully saturated rings. The van der Waals surface area contributed by atoms with Crippen molar-refractivity contribution in [2.24, 2.45) is 0 Å². The van der Waals surface area contributed by atoms with Crippen molar-refractivity contribution in [3.8, 4) is 0 Å². The second-order valence-corrected chi connectivity index (χ2v) is 4.13. The van der Waals surface area contributed by atoms with Crippen LogP contribution in [0.3, 0.4) is 0 Å². The van der Waals surface area contributed by atoms with Crippen LogP contribution in [0.1, 0.15) is 29.6 Å². The first-order valence-corrected chi connectivity index (χ1v) is 5.69. The van der Waals surface area contributed by atoms with Gasteiger partial charge in [0.15, 0.2) is 0 Å². The van der Waals surface area contributed by atoms with Gasteiger partial charge < -0.3 is 0 Å². The van der Waals surface area contributed by atoms with Crippen molar-refractivity contribution in [3.05, 3.63) is 46.0 Å². The summed E-state index contributed by atoms with van der Waals surface area (Å²) in [5.74, 6) is -0.244. The van der Waals surface area contributed by atoms with Crippen LogP contribution >= 0.6 is 0 Å². The Morgan fingerprint density at radius 3 is 2.65 bits per heavy atom. The number of amides is 1. The fourth-order valence-electron chi connectivity index (χ4n) is 2.12. The molecule has 0 aromatic heterocycles. The van der Waals surface area contributed by atoms with Gasteiger partial charge >= 0.3 is 0 Å². The fraction of sp³-hybridized carbons (Fsp3) is 0.417. The van der Waals surface area contributed by atoms with Crippen molar-refractivity contribution in [1.29, 1.82) is 0 Å². The van der Waals surface area contributed by atoms with Crippen LogP contribution in [0.5, 0.6) is 0 Å². The van der Waals surface area contributed by atoms with Gasteiger partial charge in [0, 0.05) is 23.5 Å². The van der Waals surface area contributed by atoms with Gasteiger partial charge in [0.25, 0.3) is 12.1 Å². The van der Waals surface area contributed by atoms with Gasteiger partial charge in [-0.25, -0.2) is 0 Å². The molecular formula is C12H14N2O3. The Morgan fingerprint density at radius 2 is 2.00 bits per heavy atom. The van der Waals surface area contributed by atoms with Crippen molar-refractivity contribution in [2.45, 2.75) is 25.4 Å². The van der Waals surface area contributed by atoms with E-state index < -0.39 is 6.17 Å². The van der Waals surface area contributed by atoms with Crippen LogP contribution in [-0.2, 0) is 0 Å². The second kappa shape index (κ2) is 4.95. The molecule has 1 saturated heterocycles. The monoisotopic (exact) mass is 234 g/mol. The summed E-state index contributed by atoms with van der Waals surface area (Å²) in [7, 11) is 0. The van der Waals surface area contributed by atoms with Crippen LogP contribution in [0.15, 0.2) is 30.3 Å². The number of piperidine rings is 1. The van der Waals surface area contributed by atoms with Crippen LogP contribution in [0.4, 0.5) is 0 Å². The molecular weight excluding hydrogens is 220 g/mol. The van der Waals surface area contributed by atoms with E-state index in [4.69, 9.17) is 0 Å². The molecule has 0 N–H and O–H groups in total. The Bertz CT molecular complexity index is 419. The lowest BCUT2D eigenvalue weighted by Gasteiger charge is -2.29. The quantitative estimate of drug-likeness (QED) is 0.580. The summed E-state index contributed by atoms with van der Waals surface area (Å²) in [5, 5.41) is 10.9. The molecule has 1 aliphatic heterocycles. The van der Waals surface area contributed by atoms with Crippen LogP contribution in [0.25, 0.3) is 0 Å². The smallest absolute Gasteiger partial charge is 0.276 e. The zero-order valence-electron chi connectivity index (χ0n) is 9.41. The van der Waals surface area contributed by atoms with Gasteiger partial charge in [-0.05, 0) is 25.0 Å². The Hall–Kier alpha value is -1.91. The van der Waals surface area contributed by atoms with Gasteiger partial charge in [0.05, 0.1) is 0 Å². The minimum Gasteiger partial charge on any atom is -0.276 e. The molecule has 1 aromatic carbocycles. The lowest BCUT2D eigenvalue weighted by atomic mass is 10.1. The summed E-state index contributed by atoms with van der Waals surface area (Å²) < 4.78 is 0. The Kier molecular flexibility index (Phi) is 3.37. The third-order valence-electron chi connectivity index (χ3n) is 3.00. The minimum atomic E-state index is -0.864. The van der Waals surface area contributed by atoms with Crippen molar-refractivity contribution >= 4 is 5.91 Å². The molecule has 5 nitrogen and oxygen atoms in total. The van der Waals surface area contributed by atoms with E-state index in [9.17, 15) is 14.9 Å². The summed E-state index contributed by atoms with van der Waals surface area (Å²) in [6.07, 6.45) is 1.23. The molecule has 1 amide bonds. The molecule has 90 valence electrons. The summed E-state index contributed by atoms with van der Waals surface area (Å²) >= 11 is 0.